The first-order valence-corrected chi connectivity index (χ1v) is 3.98. The molecule has 0 aliphatic rings. The van der Waals surface area contributed by atoms with Gasteiger partial charge < -0.3 is 10.1 Å². The molecule has 1 aromatic rings. The molecule has 0 saturated heterocycles. The van der Waals surface area contributed by atoms with Crippen LogP contribution in [0.3, 0.4) is 0 Å². The monoisotopic (exact) mass is 195 g/mol. The standard InChI is InChI=1S/C8H9N3O3/c1-2-14-8(13)7-9-4-3-6(11-7)10-5-12/h3-5H,2H2,1H3,(H,9,10,11,12). The first-order valence-electron chi connectivity index (χ1n) is 3.98. The van der Waals surface area contributed by atoms with E-state index in [1.165, 1.54) is 12.3 Å². The van der Waals surface area contributed by atoms with E-state index < -0.39 is 5.97 Å². The van der Waals surface area contributed by atoms with Crippen LogP contribution in [0, 0.1) is 0 Å². The number of esters is 1. The van der Waals surface area contributed by atoms with Gasteiger partial charge in [-0.25, -0.2) is 14.8 Å². The van der Waals surface area contributed by atoms with Gasteiger partial charge in [-0.1, -0.05) is 0 Å². The van der Waals surface area contributed by atoms with Crippen LogP contribution in [0.2, 0.25) is 0 Å². The van der Waals surface area contributed by atoms with E-state index in [2.05, 4.69) is 20.0 Å². The second-order valence-electron chi connectivity index (χ2n) is 2.25. The first kappa shape index (κ1) is 10.1. The number of ether oxygens (including phenoxy) is 1. The van der Waals surface area contributed by atoms with Gasteiger partial charge in [0.05, 0.1) is 6.61 Å². The van der Waals surface area contributed by atoms with Gasteiger partial charge in [-0.2, -0.15) is 0 Å². The van der Waals surface area contributed by atoms with Crippen LogP contribution in [0.5, 0.6) is 0 Å². The minimum Gasteiger partial charge on any atom is -0.460 e. The summed E-state index contributed by atoms with van der Waals surface area (Å²) in [5, 5.41) is 2.31. The molecular weight excluding hydrogens is 186 g/mol. The van der Waals surface area contributed by atoms with Crippen molar-refractivity contribution in [3.8, 4) is 0 Å². The maximum Gasteiger partial charge on any atom is 0.376 e. The molecule has 1 aromatic heterocycles. The maximum atomic E-state index is 11.1. The van der Waals surface area contributed by atoms with Gasteiger partial charge >= 0.3 is 5.97 Å². The number of hydrogen-bond donors (Lipinski definition) is 1. The first-order chi connectivity index (χ1) is 6.77. The van der Waals surface area contributed by atoms with Crippen molar-refractivity contribution in [3.63, 3.8) is 0 Å². The van der Waals surface area contributed by atoms with Gasteiger partial charge in [-0.15, -0.1) is 0 Å². The van der Waals surface area contributed by atoms with Gasteiger partial charge in [0.25, 0.3) is 0 Å². The highest BCUT2D eigenvalue weighted by molar-refractivity contribution is 5.85. The molecule has 6 heteroatoms. The second-order valence-corrected chi connectivity index (χ2v) is 2.25. The number of nitrogens with zero attached hydrogens (tertiary/aromatic N) is 2. The molecule has 1 amide bonds. The summed E-state index contributed by atoms with van der Waals surface area (Å²) in [6, 6.07) is 1.47. The Labute approximate surface area is 80.3 Å². The quantitative estimate of drug-likeness (QED) is 0.549. The van der Waals surface area contributed by atoms with Crippen molar-refractivity contribution in [2.24, 2.45) is 0 Å². The number of nitrogens with one attached hydrogen (secondary N) is 1. The third-order valence-electron chi connectivity index (χ3n) is 1.32. The molecule has 0 saturated carbocycles. The van der Waals surface area contributed by atoms with Crippen LogP contribution in [0.15, 0.2) is 12.3 Å². The van der Waals surface area contributed by atoms with E-state index in [1.54, 1.807) is 6.92 Å². The Kier molecular flexibility index (Phi) is 3.54. The van der Waals surface area contributed by atoms with Gasteiger partial charge in [0.1, 0.15) is 5.82 Å². The predicted molar refractivity (Wildman–Crippen MR) is 47.7 cm³/mol. The minimum atomic E-state index is -0.609. The lowest BCUT2D eigenvalue weighted by Crippen LogP contribution is -2.10. The van der Waals surface area contributed by atoms with E-state index >= 15 is 0 Å². The number of hydrogen-bond acceptors (Lipinski definition) is 5. The molecule has 0 bridgehead atoms. The van der Waals surface area contributed by atoms with E-state index in [0.717, 1.165) is 0 Å². The van der Waals surface area contributed by atoms with E-state index in [4.69, 9.17) is 0 Å². The van der Waals surface area contributed by atoms with Gasteiger partial charge in [0.2, 0.25) is 12.2 Å². The fraction of sp³-hybridized carbons (Fsp3) is 0.250. The molecule has 0 fully saturated rings. The number of rotatable bonds is 4. The van der Waals surface area contributed by atoms with Crippen LogP contribution in [-0.4, -0.2) is 29.0 Å². The highest BCUT2D eigenvalue weighted by Crippen LogP contribution is 2.01. The van der Waals surface area contributed by atoms with E-state index in [0.29, 0.717) is 6.41 Å². The van der Waals surface area contributed by atoms with Gasteiger partial charge in [0.15, 0.2) is 0 Å². The molecule has 0 aliphatic carbocycles. The molecule has 0 spiro atoms. The molecule has 0 unspecified atom stereocenters. The molecule has 74 valence electrons. The van der Waals surface area contributed by atoms with Crippen LogP contribution in [0.1, 0.15) is 17.5 Å². The van der Waals surface area contributed by atoms with Crippen molar-refractivity contribution in [1.82, 2.24) is 9.97 Å². The fourth-order valence-corrected chi connectivity index (χ4v) is 0.793. The van der Waals surface area contributed by atoms with Crippen LogP contribution in [0.25, 0.3) is 0 Å². The van der Waals surface area contributed by atoms with E-state index in [1.807, 2.05) is 0 Å². The zero-order valence-corrected chi connectivity index (χ0v) is 7.56. The minimum absolute atomic E-state index is 0.0706. The van der Waals surface area contributed by atoms with E-state index in [9.17, 15) is 9.59 Å². The molecule has 1 heterocycles. The lowest BCUT2D eigenvalue weighted by Gasteiger charge is -2.01. The number of carbonyl (C=O) groups is 2. The molecular formula is C8H9N3O3. The summed E-state index contributed by atoms with van der Waals surface area (Å²) in [7, 11) is 0. The number of amides is 1. The summed E-state index contributed by atoms with van der Waals surface area (Å²) >= 11 is 0. The summed E-state index contributed by atoms with van der Waals surface area (Å²) < 4.78 is 4.68. The van der Waals surface area contributed by atoms with Gasteiger partial charge in [-0.05, 0) is 13.0 Å². The third kappa shape index (κ3) is 2.51. The highest BCUT2D eigenvalue weighted by Gasteiger charge is 2.09. The Balaban J connectivity index is 2.82. The zero-order chi connectivity index (χ0) is 10.4. The largest absolute Gasteiger partial charge is 0.460 e. The van der Waals surface area contributed by atoms with Gasteiger partial charge in [-0.3, -0.25) is 4.79 Å². The normalized spacial score (nSPS) is 9.21. The van der Waals surface area contributed by atoms with E-state index in [-0.39, 0.29) is 18.2 Å². The predicted octanol–water partition coefficient (Wildman–Crippen LogP) is 0.222. The molecule has 1 N–H and O–H groups in total. The summed E-state index contributed by atoms with van der Waals surface area (Å²) in [6.07, 6.45) is 1.84. The van der Waals surface area contributed by atoms with Crippen molar-refractivity contribution in [2.45, 2.75) is 6.92 Å². The smallest absolute Gasteiger partial charge is 0.376 e. The summed E-state index contributed by atoms with van der Waals surface area (Å²) in [6.45, 7) is 1.94. The number of aromatic nitrogens is 2. The van der Waals surface area contributed by atoms with Crippen LogP contribution < -0.4 is 5.32 Å². The molecule has 6 nitrogen and oxygen atoms in total. The average Bonchev–Trinajstić information content (AvgIpc) is 2.19. The van der Waals surface area contributed by atoms with Crippen molar-refractivity contribution in [1.29, 1.82) is 0 Å². The molecule has 0 aliphatic heterocycles. The second kappa shape index (κ2) is 4.90. The Hall–Kier alpha value is -1.98. The molecule has 14 heavy (non-hydrogen) atoms. The zero-order valence-electron chi connectivity index (χ0n) is 7.56. The van der Waals surface area contributed by atoms with Gasteiger partial charge in [0, 0.05) is 6.20 Å². The Bertz CT molecular complexity index is 340. The highest BCUT2D eigenvalue weighted by atomic mass is 16.5. The van der Waals surface area contributed by atoms with Crippen LogP contribution >= 0.6 is 0 Å². The number of carbonyl (C=O) groups excluding carboxylic acids is 2. The SMILES string of the molecule is CCOC(=O)c1nccc(NC=O)n1. The van der Waals surface area contributed by atoms with Crippen LogP contribution in [-0.2, 0) is 9.53 Å². The molecule has 0 atom stereocenters. The number of anilines is 1. The summed E-state index contributed by atoms with van der Waals surface area (Å²) in [5.41, 5.74) is 0. The summed E-state index contributed by atoms with van der Waals surface area (Å²) in [5.74, 6) is -0.418. The van der Waals surface area contributed by atoms with Crippen molar-refractivity contribution in [3.05, 3.63) is 18.1 Å². The Morgan fingerprint density at radius 2 is 2.50 bits per heavy atom. The fourth-order valence-electron chi connectivity index (χ4n) is 0.793. The third-order valence-corrected chi connectivity index (χ3v) is 1.32. The lowest BCUT2D eigenvalue weighted by molar-refractivity contribution is -0.105. The molecule has 0 radical (unpaired) electrons. The van der Waals surface area contributed by atoms with Crippen LogP contribution in [0.4, 0.5) is 5.82 Å². The lowest BCUT2D eigenvalue weighted by atomic mass is 10.5. The summed E-state index contributed by atoms with van der Waals surface area (Å²) in [4.78, 5) is 28.7. The van der Waals surface area contributed by atoms with Crippen molar-refractivity contribution >= 4 is 18.2 Å². The Morgan fingerprint density at radius 1 is 1.71 bits per heavy atom. The van der Waals surface area contributed by atoms with Crippen molar-refractivity contribution < 1.29 is 14.3 Å². The average molecular weight is 195 g/mol. The molecule has 0 aromatic carbocycles. The molecule has 1 rings (SSSR count). The maximum absolute atomic E-state index is 11.1. The Morgan fingerprint density at radius 3 is 3.14 bits per heavy atom. The van der Waals surface area contributed by atoms with Crippen molar-refractivity contribution in [2.75, 3.05) is 11.9 Å². The topological polar surface area (TPSA) is 81.2 Å².